The van der Waals surface area contributed by atoms with E-state index in [0.717, 1.165) is 44.5 Å². The Labute approximate surface area is 613 Å². The molecule has 12 aromatic carbocycles. The van der Waals surface area contributed by atoms with Gasteiger partial charge in [-0.05, 0) is 111 Å². The Kier molecular flexibility index (Phi) is 24.5. The van der Waals surface area contributed by atoms with Crippen LogP contribution < -0.4 is 0 Å². The minimum atomic E-state index is -1.77. The first-order chi connectivity index (χ1) is 51.2. The average molecular weight is 1390 g/mol. The summed E-state index contributed by atoms with van der Waals surface area (Å²) in [5.41, 5.74) is 12.8. The molecule has 0 atom stereocenters. The Morgan fingerprint density at radius 1 is 0.210 bits per heavy atom. The Balaban J connectivity index is 0.889. The van der Waals surface area contributed by atoms with Crippen molar-refractivity contribution in [2.45, 2.75) is 77.0 Å². The predicted molar refractivity (Wildman–Crippen MR) is 407 cm³/mol. The van der Waals surface area contributed by atoms with E-state index in [1.807, 2.05) is 243 Å². The molecule has 0 fully saturated rings. The van der Waals surface area contributed by atoms with Gasteiger partial charge in [0, 0.05) is 51.4 Å². The third kappa shape index (κ3) is 21.0. The first-order valence-electron chi connectivity index (χ1n) is 35.5. The molecule has 0 bridgehead atoms. The highest BCUT2D eigenvalue weighted by Gasteiger charge is 2.39. The number of carbonyl (C=O) groups excluding carboxylic acids is 4. The lowest BCUT2D eigenvalue weighted by Gasteiger charge is -2.32. The highest BCUT2D eigenvalue weighted by Crippen LogP contribution is 2.35. The van der Waals surface area contributed by atoms with Gasteiger partial charge in [0.25, 0.3) is 0 Å². The first kappa shape index (κ1) is 72.5. The van der Waals surface area contributed by atoms with Gasteiger partial charge in [-0.1, -0.05) is 291 Å². The summed E-state index contributed by atoms with van der Waals surface area (Å²) in [4.78, 5) is 59.2. The van der Waals surface area contributed by atoms with E-state index in [2.05, 4.69) is 0 Å². The van der Waals surface area contributed by atoms with Crippen molar-refractivity contribution >= 4 is 23.9 Å². The van der Waals surface area contributed by atoms with Crippen LogP contribution in [0.25, 0.3) is 0 Å². The van der Waals surface area contributed by atoms with E-state index in [1.54, 1.807) is 48.5 Å². The lowest BCUT2D eigenvalue weighted by Crippen LogP contribution is -2.44. The largest absolute Gasteiger partial charge is 0.507 e. The van der Waals surface area contributed by atoms with Gasteiger partial charge >= 0.3 is 23.9 Å². The summed E-state index contributed by atoms with van der Waals surface area (Å²) >= 11 is 0. The van der Waals surface area contributed by atoms with Crippen molar-refractivity contribution < 1.29 is 58.6 Å². The number of esters is 4. The average Bonchev–Trinajstić information content (AvgIpc) is 0.837. The fraction of sp³-hybridized carbons (Fsp3) is 0.183. The Morgan fingerprint density at radius 3 is 0.476 bits per heavy atom. The normalized spacial score (nSPS) is 11.2. The molecule has 0 radical (unpaired) electrons. The van der Waals surface area contributed by atoms with Gasteiger partial charge < -0.3 is 39.4 Å². The monoisotopic (exact) mass is 1390 g/mol. The molecule has 105 heavy (non-hydrogen) atoms. The third-order valence-corrected chi connectivity index (χ3v) is 18.8. The maximum Gasteiger partial charge on any atom is 0.310 e. The smallest absolute Gasteiger partial charge is 0.310 e. The van der Waals surface area contributed by atoms with E-state index in [1.165, 1.54) is 0 Å². The van der Waals surface area contributed by atoms with Crippen molar-refractivity contribution in [2.24, 2.45) is 5.41 Å². The maximum absolute atomic E-state index is 14.8. The van der Waals surface area contributed by atoms with Crippen LogP contribution in [0.15, 0.2) is 291 Å². The number of carbonyl (C=O) groups is 4. The highest BCUT2D eigenvalue weighted by molar-refractivity contribution is 5.76. The van der Waals surface area contributed by atoms with Crippen molar-refractivity contribution in [3.63, 3.8) is 0 Å². The zero-order chi connectivity index (χ0) is 72.7. The summed E-state index contributed by atoms with van der Waals surface area (Å²) in [5.74, 6) is -2.43. The summed E-state index contributed by atoms with van der Waals surface area (Å²) in [6, 6.07) is 91.9. The molecular formula is C93H84O12. The molecule has 0 spiro atoms. The van der Waals surface area contributed by atoms with Crippen molar-refractivity contribution in [3.8, 4) is 23.0 Å². The Bertz CT molecular complexity index is 4000. The fourth-order valence-electron chi connectivity index (χ4n) is 13.4. The van der Waals surface area contributed by atoms with Gasteiger partial charge in [0.1, 0.15) is 54.8 Å². The van der Waals surface area contributed by atoms with E-state index < -0.39 is 55.7 Å². The maximum atomic E-state index is 14.8. The van der Waals surface area contributed by atoms with Crippen LogP contribution in [0.4, 0.5) is 0 Å². The number of benzene rings is 12. The number of ether oxygens (including phenoxy) is 4. The van der Waals surface area contributed by atoms with Crippen molar-refractivity contribution in [3.05, 3.63) is 402 Å². The molecule has 0 heterocycles. The van der Waals surface area contributed by atoms with E-state index >= 15 is 0 Å². The molecule has 4 N–H and O–H groups in total. The van der Waals surface area contributed by atoms with Crippen LogP contribution in [-0.4, -0.2) is 70.7 Å². The molecule has 0 saturated heterocycles. The van der Waals surface area contributed by atoms with Gasteiger partial charge in [-0.15, -0.1) is 0 Å². The van der Waals surface area contributed by atoms with Crippen LogP contribution in [0.2, 0.25) is 0 Å². The number of hydrogen-bond acceptors (Lipinski definition) is 12. The van der Waals surface area contributed by atoms with Gasteiger partial charge in [0.2, 0.25) is 0 Å². The van der Waals surface area contributed by atoms with E-state index in [4.69, 9.17) is 18.9 Å². The van der Waals surface area contributed by atoms with Crippen LogP contribution in [0.5, 0.6) is 23.0 Å². The predicted octanol–water partition coefficient (Wildman–Crippen LogP) is 16.7. The molecule has 12 aromatic rings. The summed E-state index contributed by atoms with van der Waals surface area (Å²) < 4.78 is 25.3. The van der Waals surface area contributed by atoms with Gasteiger partial charge in [0.05, 0.1) is 25.7 Å². The zero-order valence-corrected chi connectivity index (χ0v) is 58.6. The molecule has 0 aliphatic carbocycles. The molecular weight excluding hydrogens is 1310 g/mol. The quantitative estimate of drug-likeness (QED) is 0.0231. The van der Waals surface area contributed by atoms with Crippen LogP contribution in [0.1, 0.15) is 111 Å². The molecule has 0 unspecified atom stereocenters. The van der Waals surface area contributed by atoms with Crippen LogP contribution in [-0.2, 0) is 115 Å². The molecule has 12 heteroatoms. The number of aromatic hydroxyl groups is 4. The number of phenolic OH excluding ortho intramolecular Hbond substituents is 4. The van der Waals surface area contributed by atoms with Crippen LogP contribution in [0, 0.1) is 5.41 Å². The van der Waals surface area contributed by atoms with E-state index in [9.17, 15) is 39.6 Å². The zero-order valence-electron chi connectivity index (χ0n) is 58.6. The SMILES string of the molecule is O=C(Cc1cc(Cc2ccccc2)c(O)c(Cc2ccccc2)c1)OCC(COC(=O)Cc1cc(Cc2ccccc2)c(O)c(Cc2ccccc2)c1)(COC(=O)Cc1cc(Cc2ccccc2)c(O)c(Cc2ccccc2)c1)COC(=O)Cc1cc(Cc2ccccc2)c(O)c(Cc2ccccc2)c1. The lowest BCUT2D eigenvalue weighted by atomic mass is 9.91. The van der Waals surface area contributed by atoms with Crippen LogP contribution >= 0.6 is 0 Å². The fourth-order valence-corrected chi connectivity index (χ4v) is 13.4. The van der Waals surface area contributed by atoms with Gasteiger partial charge in [-0.25, -0.2) is 0 Å². The molecule has 528 valence electrons. The molecule has 12 nitrogen and oxygen atoms in total. The summed E-state index contributed by atoms with van der Waals surface area (Å²) in [7, 11) is 0. The molecule has 0 aliphatic heterocycles. The van der Waals surface area contributed by atoms with Gasteiger partial charge in [-0.2, -0.15) is 0 Å². The number of rotatable bonds is 32. The molecule has 0 aliphatic rings. The molecule has 12 rings (SSSR count). The van der Waals surface area contributed by atoms with Crippen molar-refractivity contribution in [1.29, 1.82) is 0 Å². The van der Waals surface area contributed by atoms with Gasteiger partial charge in [-0.3, -0.25) is 19.2 Å². The molecule has 0 aromatic heterocycles. The second-order valence-corrected chi connectivity index (χ2v) is 27.2. The summed E-state index contributed by atoms with van der Waals surface area (Å²) in [5, 5.41) is 47.5. The number of hydrogen-bond donors (Lipinski definition) is 4. The Hall–Kier alpha value is -12.3. The first-order valence-corrected chi connectivity index (χ1v) is 35.5. The standard InChI is InChI=1S/C93H84O12/c94-85(57-73-49-77(41-65-25-9-1-10-26-65)89(98)78(50-73)42-66-27-11-2-12-28-66)102-61-93(62-103-86(95)58-74-51-79(43-67-29-13-3-14-30-67)90(99)80(52-74)44-68-31-15-4-16-32-68,63-104-87(96)59-75-53-81(45-69-33-17-5-18-34-69)91(100)82(54-75)46-70-35-19-6-20-36-70)64-105-88(97)60-76-55-83(47-71-37-21-7-22-38-71)92(101)84(56-76)48-72-39-23-8-24-40-72/h1-40,49-56,98-101H,41-48,57-64H2. The van der Waals surface area contributed by atoms with Crippen LogP contribution in [0.3, 0.4) is 0 Å². The third-order valence-electron chi connectivity index (χ3n) is 18.8. The lowest BCUT2D eigenvalue weighted by molar-refractivity contribution is -0.169. The molecule has 0 amide bonds. The van der Waals surface area contributed by atoms with Crippen molar-refractivity contribution in [2.75, 3.05) is 26.4 Å². The minimum Gasteiger partial charge on any atom is -0.507 e. The summed E-state index contributed by atoms with van der Waals surface area (Å²) in [6.45, 7) is -2.35. The highest BCUT2D eigenvalue weighted by atomic mass is 16.6. The minimum absolute atomic E-state index is 0.107. The number of phenols is 4. The van der Waals surface area contributed by atoms with Gasteiger partial charge in [0.15, 0.2) is 0 Å². The Morgan fingerprint density at radius 2 is 0.343 bits per heavy atom. The topological polar surface area (TPSA) is 186 Å². The second-order valence-electron chi connectivity index (χ2n) is 27.2. The summed E-state index contributed by atoms with van der Waals surface area (Å²) in [6.07, 6.45) is 1.87. The molecule has 0 saturated carbocycles. The second kappa shape index (κ2) is 35.5. The van der Waals surface area contributed by atoms with E-state index in [0.29, 0.717) is 118 Å². The van der Waals surface area contributed by atoms with E-state index in [-0.39, 0.29) is 48.7 Å². The van der Waals surface area contributed by atoms with Crippen molar-refractivity contribution in [1.82, 2.24) is 0 Å².